The van der Waals surface area contributed by atoms with Crippen molar-refractivity contribution < 1.29 is 9.18 Å². The molecule has 2 aromatic heterocycles. The van der Waals surface area contributed by atoms with Crippen LogP contribution in [0.1, 0.15) is 44.4 Å². The maximum Gasteiger partial charge on any atom is 0.160 e. The van der Waals surface area contributed by atoms with E-state index in [0.29, 0.717) is 29.3 Å². The second-order valence-corrected chi connectivity index (χ2v) is 9.90. The highest BCUT2D eigenvalue weighted by Gasteiger charge is 2.49. The van der Waals surface area contributed by atoms with Crippen LogP contribution in [-0.2, 0) is 16.6 Å². The van der Waals surface area contributed by atoms with Crippen LogP contribution in [0, 0.1) is 17.7 Å². The van der Waals surface area contributed by atoms with Crippen molar-refractivity contribution in [2.75, 3.05) is 0 Å². The van der Waals surface area contributed by atoms with E-state index in [1.54, 1.807) is 18.3 Å². The Morgan fingerprint density at radius 2 is 1.79 bits per heavy atom. The van der Waals surface area contributed by atoms with Gasteiger partial charge in [0.1, 0.15) is 11.6 Å². The Kier molecular flexibility index (Phi) is 4.83. The third-order valence-electron chi connectivity index (χ3n) is 8.09. The van der Waals surface area contributed by atoms with Crippen LogP contribution in [-0.4, -0.2) is 20.7 Å². The van der Waals surface area contributed by atoms with E-state index in [4.69, 9.17) is 9.97 Å². The van der Waals surface area contributed by atoms with Gasteiger partial charge < -0.3 is 0 Å². The van der Waals surface area contributed by atoms with Crippen LogP contribution in [0.4, 0.5) is 4.39 Å². The zero-order valence-corrected chi connectivity index (χ0v) is 19.4. The SMILES string of the molecule is C[C@H]1C(=O)CC[C@@]2(C)c3nc(-c4cccc5ncccc45)nc(-c4ccccc4F)c3CC[C@H]12. The van der Waals surface area contributed by atoms with E-state index in [-0.39, 0.29) is 23.1 Å². The van der Waals surface area contributed by atoms with E-state index in [0.717, 1.165) is 47.0 Å². The number of pyridine rings is 1. The minimum Gasteiger partial charge on any atom is -0.299 e. The van der Waals surface area contributed by atoms with Gasteiger partial charge in [0.2, 0.25) is 0 Å². The lowest BCUT2D eigenvalue weighted by atomic mass is 9.56. The first-order valence-corrected chi connectivity index (χ1v) is 12.0. The van der Waals surface area contributed by atoms with Crippen LogP contribution in [0.25, 0.3) is 33.5 Å². The monoisotopic (exact) mass is 451 g/mol. The van der Waals surface area contributed by atoms with Crippen LogP contribution in [0.5, 0.6) is 0 Å². The molecule has 0 N–H and O–H groups in total. The van der Waals surface area contributed by atoms with Gasteiger partial charge >= 0.3 is 0 Å². The molecule has 0 bridgehead atoms. The van der Waals surface area contributed by atoms with Crippen LogP contribution >= 0.6 is 0 Å². The molecule has 1 saturated carbocycles. The number of halogens is 1. The average Bonchev–Trinajstić information content (AvgIpc) is 2.86. The minimum absolute atomic E-state index is 0.00369. The Morgan fingerprint density at radius 3 is 2.65 bits per heavy atom. The van der Waals surface area contributed by atoms with Crippen molar-refractivity contribution in [2.45, 2.75) is 44.9 Å². The van der Waals surface area contributed by atoms with E-state index in [1.165, 1.54) is 6.07 Å². The van der Waals surface area contributed by atoms with Gasteiger partial charge in [-0.1, -0.05) is 44.2 Å². The summed E-state index contributed by atoms with van der Waals surface area (Å²) < 4.78 is 15.1. The van der Waals surface area contributed by atoms with Gasteiger partial charge in [0, 0.05) is 46.0 Å². The van der Waals surface area contributed by atoms with Gasteiger partial charge in [0.05, 0.1) is 16.9 Å². The molecule has 2 aromatic carbocycles. The fraction of sp³-hybridized carbons (Fsp3) is 0.310. The molecule has 6 rings (SSSR count). The number of hydrogen-bond acceptors (Lipinski definition) is 4. The molecule has 0 radical (unpaired) electrons. The second-order valence-electron chi connectivity index (χ2n) is 9.90. The number of fused-ring (bicyclic) bond motifs is 4. The predicted molar refractivity (Wildman–Crippen MR) is 131 cm³/mol. The van der Waals surface area contributed by atoms with Gasteiger partial charge in [0.15, 0.2) is 5.82 Å². The van der Waals surface area contributed by atoms with E-state index >= 15 is 4.39 Å². The van der Waals surface area contributed by atoms with Gasteiger partial charge in [-0.05, 0) is 49.4 Å². The maximum absolute atomic E-state index is 15.1. The second kappa shape index (κ2) is 7.79. The molecule has 0 aliphatic heterocycles. The van der Waals surface area contributed by atoms with Crippen molar-refractivity contribution in [2.24, 2.45) is 11.8 Å². The lowest BCUT2D eigenvalue weighted by Gasteiger charge is -2.48. The Hall–Kier alpha value is -3.47. The molecule has 5 heteroatoms. The molecule has 170 valence electrons. The number of nitrogens with zero attached hydrogens (tertiary/aromatic N) is 3. The average molecular weight is 452 g/mol. The summed E-state index contributed by atoms with van der Waals surface area (Å²) in [5.41, 5.74) is 4.68. The van der Waals surface area contributed by atoms with Crippen LogP contribution in [0.3, 0.4) is 0 Å². The van der Waals surface area contributed by atoms with E-state index in [1.807, 2.05) is 36.4 Å². The minimum atomic E-state index is -0.284. The number of carbonyl (C=O) groups excluding carboxylic acids is 1. The molecule has 4 nitrogen and oxygen atoms in total. The van der Waals surface area contributed by atoms with Crippen molar-refractivity contribution in [1.29, 1.82) is 0 Å². The van der Waals surface area contributed by atoms with Crippen molar-refractivity contribution in [1.82, 2.24) is 15.0 Å². The summed E-state index contributed by atoms with van der Waals surface area (Å²) in [6.07, 6.45) is 4.72. The molecule has 1 fully saturated rings. The maximum atomic E-state index is 15.1. The normalized spacial score (nSPS) is 24.0. The quantitative estimate of drug-likeness (QED) is 0.358. The summed E-state index contributed by atoms with van der Waals surface area (Å²) in [7, 11) is 0. The van der Waals surface area contributed by atoms with Gasteiger partial charge in [0.25, 0.3) is 0 Å². The first-order valence-electron chi connectivity index (χ1n) is 12.0. The van der Waals surface area contributed by atoms with Crippen LogP contribution < -0.4 is 0 Å². The highest BCUT2D eigenvalue weighted by Crippen LogP contribution is 2.52. The third-order valence-corrected chi connectivity index (χ3v) is 8.09. The number of rotatable bonds is 2. The predicted octanol–water partition coefficient (Wildman–Crippen LogP) is 6.32. The van der Waals surface area contributed by atoms with Crippen LogP contribution in [0.2, 0.25) is 0 Å². The Bertz CT molecular complexity index is 1440. The van der Waals surface area contributed by atoms with Gasteiger partial charge in [-0.25, -0.2) is 14.4 Å². The highest BCUT2D eigenvalue weighted by molar-refractivity contribution is 5.93. The highest BCUT2D eigenvalue weighted by atomic mass is 19.1. The molecule has 2 aliphatic rings. The number of Topliss-reactive ketones (excluding diaryl/α,β-unsaturated/α-hetero) is 1. The van der Waals surface area contributed by atoms with Gasteiger partial charge in [-0.15, -0.1) is 0 Å². The van der Waals surface area contributed by atoms with Gasteiger partial charge in [-0.3, -0.25) is 9.78 Å². The lowest BCUT2D eigenvalue weighted by molar-refractivity contribution is -0.128. The molecule has 0 spiro atoms. The standard InChI is InChI=1S/C29H26FN3O/c1-17-22-13-12-21-26(20-7-3-4-10-23(20)30)32-28(33-27(21)29(22,2)15-14-25(17)34)19-8-5-11-24-18(19)9-6-16-31-24/h3-11,16-17,22H,12-15H2,1-2H3/t17-,22-,29-/m1/s1. The molecule has 4 aromatic rings. The Balaban J connectivity index is 1.65. The number of ketones is 1. The smallest absolute Gasteiger partial charge is 0.160 e. The molecule has 0 amide bonds. The van der Waals surface area contributed by atoms with Crippen molar-refractivity contribution in [3.8, 4) is 22.6 Å². The molecule has 2 heterocycles. The first kappa shape index (κ1) is 21.1. The van der Waals surface area contributed by atoms with E-state index in [9.17, 15) is 4.79 Å². The van der Waals surface area contributed by atoms with Crippen LogP contribution in [0.15, 0.2) is 60.8 Å². The molecular formula is C29H26FN3O. The molecule has 3 atom stereocenters. The number of benzene rings is 2. The molecule has 0 unspecified atom stereocenters. The number of carbonyl (C=O) groups is 1. The largest absolute Gasteiger partial charge is 0.299 e. The fourth-order valence-electron chi connectivity index (χ4n) is 6.22. The van der Waals surface area contributed by atoms with Gasteiger partial charge in [-0.2, -0.15) is 0 Å². The Labute approximate surface area is 198 Å². The van der Waals surface area contributed by atoms with Crippen molar-refractivity contribution in [3.05, 3.63) is 77.9 Å². The fourth-order valence-corrected chi connectivity index (χ4v) is 6.22. The van der Waals surface area contributed by atoms with E-state index in [2.05, 4.69) is 18.8 Å². The zero-order chi connectivity index (χ0) is 23.4. The summed E-state index contributed by atoms with van der Waals surface area (Å²) in [6, 6.07) is 16.7. The summed E-state index contributed by atoms with van der Waals surface area (Å²) in [5.74, 6) is 0.876. The summed E-state index contributed by atoms with van der Waals surface area (Å²) in [5, 5.41) is 0.967. The number of aromatic nitrogens is 3. The lowest BCUT2D eigenvalue weighted by Crippen LogP contribution is -2.47. The number of hydrogen-bond donors (Lipinski definition) is 0. The molecule has 2 aliphatic carbocycles. The molecule has 34 heavy (non-hydrogen) atoms. The summed E-state index contributed by atoms with van der Waals surface area (Å²) in [4.78, 5) is 27.3. The molecular weight excluding hydrogens is 425 g/mol. The third kappa shape index (κ3) is 3.10. The summed E-state index contributed by atoms with van der Waals surface area (Å²) >= 11 is 0. The van der Waals surface area contributed by atoms with Crippen molar-refractivity contribution >= 4 is 16.7 Å². The zero-order valence-electron chi connectivity index (χ0n) is 19.4. The molecule has 0 saturated heterocycles. The van der Waals surface area contributed by atoms with Crippen molar-refractivity contribution in [3.63, 3.8) is 0 Å². The topological polar surface area (TPSA) is 55.7 Å². The Morgan fingerprint density at radius 1 is 0.971 bits per heavy atom. The first-order chi connectivity index (χ1) is 16.5. The van der Waals surface area contributed by atoms with E-state index < -0.39 is 0 Å². The summed E-state index contributed by atoms with van der Waals surface area (Å²) in [6.45, 7) is 4.30.